The second-order valence-corrected chi connectivity index (χ2v) is 13.0. The maximum atomic E-state index is 9.35. The first-order valence-electron chi connectivity index (χ1n) is 17.3. The van der Waals surface area contributed by atoms with Gasteiger partial charge in [0, 0.05) is 49.6 Å². The van der Waals surface area contributed by atoms with Gasteiger partial charge in [-0.25, -0.2) is 9.97 Å². The standard InChI is InChI=1S/C47H29N5/c48-30-31-19-21-33(22-20-31)42-29-41(32-11-3-1-4-12-32)49-47(50-42)34-23-25-36(26-24-34)52-44-18-10-8-16-38(44)40-27-45-39(28-46(40)52)37-15-7-9-17-43(37)51(45)35-13-5-2-6-14-35/h1-29H. The molecular weight excluding hydrogens is 635 g/mol. The third-order valence-corrected chi connectivity index (χ3v) is 9.97. The SMILES string of the molecule is N#Cc1ccc(-c2cc(-c3ccccc3)nc(-c3ccc(-n4c5ccccc5c5cc6c(cc54)c4ccccc4n6-c4ccccc4)cc3)n2)cc1. The minimum atomic E-state index is 0.615. The molecule has 0 bridgehead atoms. The number of nitriles is 1. The number of fused-ring (bicyclic) bond motifs is 6. The Balaban J connectivity index is 1.14. The van der Waals surface area contributed by atoms with Crippen LogP contribution in [0.15, 0.2) is 176 Å². The van der Waals surface area contributed by atoms with Crippen LogP contribution in [-0.4, -0.2) is 19.1 Å². The van der Waals surface area contributed by atoms with Crippen LogP contribution in [0.4, 0.5) is 0 Å². The lowest BCUT2D eigenvalue weighted by Crippen LogP contribution is -1.97. The van der Waals surface area contributed by atoms with Gasteiger partial charge in [0.25, 0.3) is 0 Å². The fourth-order valence-corrected chi connectivity index (χ4v) is 7.52. The fraction of sp³-hybridized carbons (Fsp3) is 0. The summed E-state index contributed by atoms with van der Waals surface area (Å²) in [5.41, 5.74) is 12.0. The molecule has 0 saturated carbocycles. The van der Waals surface area contributed by atoms with Crippen LogP contribution in [0.5, 0.6) is 0 Å². The van der Waals surface area contributed by atoms with Crippen molar-refractivity contribution in [3.05, 3.63) is 181 Å². The monoisotopic (exact) mass is 663 g/mol. The molecule has 52 heavy (non-hydrogen) atoms. The van der Waals surface area contributed by atoms with E-state index in [0.29, 0.717) is 11.4 Å². The number of para-hydroxylation sites is 3. The third-order valence-electron chi connectivity index (χ3n) is 9.97. The summed E-state index contributed by atoms with van der Waals surface area (Å²) in [4.78, 5) is 10.1. The molecule has 10 rings (SSSR count). The normalized spacial score (nSPS) is 11.4. The lowest BCUT2D eigenvalue weighted by molar-refractivity contribution is 1.16. The van der Waals surface area contributed by atoms with E-state index in [4.69, 9.17) is 9.97 Å². The number of hydrogen-bond donors (Lipinski definition) is 0. The van der Waals surface area contributed by atoms with Crippen molar-refractivity contribution in [3.8, 4) is 51.3 Å². The van der Waals surface area contributed by atoms with Crippen molar-refractivity contribution in [2.75, 3.05) is 0 Å². The van der Waals surface area contributed by atoms with Gasteiger partial charge in [-0.15, -0.1) is 0 Å². The van der Waals surface area contributed by atoms with E-state index in [0.717, 1.165) is 50.5 Å². The highest BCUT2D eigenvalue weighted by molar-refractivity contribution is 6.19. The van der Waals surface area contributed by atoms with Crippen LogP contribution in [0.3, 0.4) is 0 Å². The zero-order valence-electron chi connectivity index (χ0n) is 28.0. The molecule has 5 heteroatoms. The molecule has 0 fully saturated rings. The second-order valence-electron chi connectivity index (χ2n) is 13.0. The molecule has 3 heterocycles. The zero-order valence-corrected chi connectivity index (χ0v) is 28.0. The van der Waals surface area contributed by atoms with Gasteiger partial charge >= 0.3 is 0 Å². The van der Waals surface area contributed by atoms with Crippen molar-refractivity contribution < 1.29 is 0 Å². The Bertz CT molecular complexity index is 2990. The van der Waals surface area contributed by atoms with Crippen LogP contribution in [-0.2, 0) is 0 Å². The number of benzene rings is 7. The topological polar surface area (TPSA) is 59.4 Å². The van der Waals surface area contributed by atoms with Crippen LogP contribution in [0.25, 0.3) is 88.9 Å². The van der Waals surface area contributed by atoms with Gasteiger partial charge in [-0.2, -0.15) is 5.26 Å². The largest absolute Gasteiger partial charge is 0.309 e. The number of rotatable bonds is 5. The lowest BCUT2D eigenvalue weighted by Gasteiger charge is -2.11. The lowest BCUT2D eigenvalue weighted by atomic mass is 10.1. The van der Waals surface area contributed by atoms with Gasteiger partial charge in [0.15, 0.2) is 5.82 Å². The molecule has 0 aliphatic rings. The summed E-state index contributed by atoms with van der Waals surface area (Å²) in [7, 11) is 0. The Hall–Kier alpha value is -7.29. The van der Waals surface area contributed by atoms with E-state index in [9.17, 15) is 5.26 Å². The second kappa shape index (κ2) is 11.9. The number of aromatic nitrogens is 4. The first-order chi connectivity index (χ1) is 25.7. The number of hydrogen-bond acceptors (Lipinski definition) is 3. The average Bonchev–Trinajstić information content (AvgIpc) is 3.72. The van der Waals surface area contributed by atoms with Crippen molar-refractivity contribution in [2.24, 2.45) is 0 Å². The number of nitrogens with zero attached hydrogens (tertiary/aromatic N) is 5. The Morgan fingerprint density at radius 3 is 1.40 bits per heavy atom. The van der Waals surface area contributed by atoms with Gasteiger partial charge in [0.1, 0.15) is 0 Å². The first-order valence-corrected chi connectivity index (χ1v) is 17.3. The van der Waals surface area contributed by atoms with E-state index in [1.54, 1.807) is 0 Å². The van der Waals surface area contributed by atoms with E-state index < -0.39 is 0 Å². The summed E-state index contributed by atoms with van der Waals surface area (Å²) >= 11 is 0. The molecule has 0 saturated heterocycles. The van der Waals surface area contributed by atoms with Crippen LogP contribution < -0.4 is 0 Å². The average molecular weight is 664 g/mol. The van der Waals surface area contributed by atoms with Crippen molar-refractivity contribution in [3.63, 3.8) is 0 Å². The molecule has 242 valence electrons. The van der Waals surface area contributed by atoms with Crippen LogP contribution in [0, 0.1) is 11.3 Å². The molecular formula is C47H29N5. The minimum absolute atomic E-state index is 0.615. The summed E-state index contributed by atoms with van der Waals surface area (Å²) in [5, 5.41) is 14.2. The molecule has 7 aromatic carbocycles. The molecule has 0 N–H and O–H groups in total. The van der Waals surface area contributed by atoms with Gasteiger partial charge in [0.2, 0.25) is 0 Å². The molecule has 0 aliphatic heterocycles. The van der Waals surface area contributed by atoms with E-state index in [1.807, 2.05) is 48.5 Å². The minimum Gasteiger partial charge on any atom is -0.309 e. The van der Waals surface area contributed by atoms with Gasteiger partial charge in [-0.1, -0.05) is 97.1 Å². The smallest absolute Gasteiger partial charge is 0.160 e. The maximum Gasteiger partial charge on any atom is 0.160 e. The third kappa shape index (κ3) is 4.78. The molecule has 5 nitrogen and oxygen atoms in total. The molecule has 0 atom stereocenters. The Kier molecular flexibility index (Phi) is 6.80. The molecule has 0 amide bonds. The maximum absolute atomic E-state index is 9.35. The fourth-order valence-electron chi connectivity index (χ4n) is 7.52. The van der Waals surface area contributed by atoms with E-state index in [2.05, 4.69) is 143 Å². The molecule has 0 spiro atoms. The van der Waals surface area contributed by atoms with Crippen LogP contribution in [0.1, 0.15) is 5.56 Å². The molecule has 3 aromatic heterocycles. The highest BCUT2D eigenvalue weighted by Gasteiger charge is 2.19. The molecule has 0 unspecified atom stereocenters. The van der Waals surface area contributed by atoms with Crippen molar-refractivity contribution in [1.82, 2.24) is 19.1 Å². The summed E-state index contributed by atoms with van der Waals surface area (Å²) in [6, 6.07) is 63.1. The van der Waals surface area contributed by atoms with E-state index >= 15 is 0 Å². The Morgan fingerprint density at radius 2 is 0.846 bits per heavy atom. The van der Waals surface area contributed by atoms with Crippen molar-refractivity contribution >= 4 is 43.6 Å². The van der Waals surface area contributed by atoms with Crippen LogP contribution in [0.2, 0.25) is 0 Å². The van der Waals surface area contributed by atoms with Crippen LogP contribution >= 0.6 is 0 Å². The predicted molar refractivity (Wildman–Crippen MR) is 212 cm³/mol. The van der Waals surface area contributed by atoms with Gasteiger partial charge < -0.3 is 9.13 Å². The molecule has 10 aromatic rings. The Labute approximate surface area is 299 Å². The van der Waals surface area contributed by atoms with E-state index in [1.165, 1.54) is 32.6 Å². The van der Waals surface area contributed by atoms with Gasteiger partial charge in [-0.05, 0) is 78.9 Å². The summed E-state index contributed by atoms with van der Waals surface area (Å²) in [5.74, 6) is 0.643. The van der Waals surface area contributed by atoms with Crippen molar-refractivity contribution in [1.29, 1.82) is 5.26 Å². The van der Waals surface area contributed by atoms with Gasteiger partial charge in [0.05, 0.1) is 45.1 Å². The summed E-state index contributed by atoms with van der Waals surface area (Å²) < 4.78 is 4.74. The zero-order chi connectivity index (χ0) is 34.6. The van der Waals surface area contributed by atoms with Gasteiger partial charge in [-0.3, -0.25) is 0 Å². The van der Waals surface area contributed by atoms with E-state index in [-0.39, 0.29) is 0 Å². The highest BCUT2D eigenvalue weighted by atomic mass is 15.0. The molecule has 0 aliphatic carbocycles. The quantitative estimate of drug-likeness (QED) is 0.184. The first kappa shape index (κ1) is 29.6. The van der Waals surface area contributed by atoms with Crippen molar-refractivity contribution in [2.45, 2.75) is 0 Å². The summed E-state index contributed by atoms with van der Waals surface area (Å²) in [6.07, 6.45) is 0. The molecule has 0 radical (unpaired) electrons. The highest BCUT2D eigenvalue weighted by Crippen LogP contribution is 2.40. The summed E-state index contributed by atoms with van der Waals surface area (Å²) in [6.45, 7) is 0. The predicted octanol–water partition coefficient (Wildman–Crippen LogP) is 11.5. The Morgan fingerprint density at radius 1 is 0.385 bits per heavy atom.